The Kier molecular flexibility index (Phi) is 4.09. The molecule has 0 amide bonds. The smallest absolute Gasteiger partial charge is 0.268 e. The summed E-state index contributed by atoms with van der Waals surface area (Å²) in [5.41, 5.74) is 1.98. The molecule has 0 aliphatic heterocycles. The van der Waals surface area contributed by atoms with Crippen LogP contribution in [0.1, 0.15) is 11.1 Å². The molecule has 0 saturated heterocycles. The first kappa shape index (κ1) is 13.9. The van der Waals surface area contributed by atoms with Crippen molar-refractivity contribution in [3.63, 3.8) is 0 Å². The van der Waals surface area contributed by atoms with Gasteiger partial charge in [0.2, 0.25) is 0 Å². The van der Waals surface area contributed by atoms with Gasteiger partial charge >= 0.3 is 10.3 Å². The molecule has 6 heteroatoms. The lowest BCUT2D eigenvalue weighted by Gasteiger charge is -2.15. The molecule has 0 aliphatic rings. The van der Waals surface area contributed by atoms with Crippen LogP contribution in [0.3, 0.4) is 0 Å². The lowest BCUT2D eigenvalue weighted by atomic mass is 10.0. The normalized spacial score (nSPS) is 11.3. The lowest BCUT2D eigenvalue weighted by molar-refractivity contribution is 0.485. The second-order valence-electron chi connectivity index (χ2n) is 3.98. The van der Waals surface area contributed by atoms with E-state index in [-0.39, 0.29) is 5.69 Å². The van der Waals surface area contributed by atoms with Gasteiger partial charge < -0.3 is 0 Å². The molecule has 0 spiro atoms. The summed E-state index contributed by atoms with van der Waals surface area (Å²) in [6.45, 7) is 0. The number of hydrogen-bond acceptors (Lipinski definition) is 2. The molecule has 2 aromatic carbocycles. The van der Waals surface area contributed by atoms with Gasteiger partial charge in [-0.25, -0.2) is 0 Å². The molecule has 0 aromatic heterocycles. The monoisotopic (exact) mass is 297 g/mol. The molecule has 2 rings (SSSR count). The van der Waals surface area contributed by atoms with Crippen LogP contribution in [0.2, 0.25) is 0 Å². The van der Waals surface area contributed by atoms with E-state index in [1.807, 2.05) is 30.3 Å². The van der Waals surface area contributed by atoms with Crippen molar-refractivity contribution in [3.8, 4) is 0 Å². The zero-order chi connectivity index (χ0) is 13.9. The largest absolute Gasteiger partial charge is 0.374 e. The molecule has 1 N–H and O–H groups in total. The van der Waals surface area contributed by atoms with Crippen LogP contribution in [-0.4, -0.2) is 13.0 Å². The van der Waals surface area contributed by atoms with Gasteiger partial charge in [-0.3, -0.25) is 4.55 Å². The highest BCUT2D eigenvalue weighted by molar-refractivity contribution is 7.88. The zero-order valence-corrected chi connectivity index (χ0v) is 11.5. The molecule has 0 saturated carbocycles. The van der Waals surface area contributed by atoms with E-state index in [0.29, 0.717) is 15.8 Å². The molecule has 2 aromatic rings. The van der Waals surface area contributed by atoms with Gasteiger partial charge in [0.15, 0.2) is 0 Å². The quantitative estimate of drug-likeness (QED) is 0.697. The van der Waals surface area contributed by atoms with Gasteiger partial charge in [0.25, 0.3) is 0 Å². The average Bonchev–Trinajstić information content (AvgIpc) is 2.39. The SMILES string of the molecule is O=S(=O)(O)N(Cl)c1ccccc1Cc1ccccc1. The summed E-state index contributed by atoms with van der Waals surface area (Å²) in [4.78, 5) is 0. The van der Waals surface area contributed by atoms with Crippen molar-refractivity contribution >= 4 is 27.8 Å². The number of anilines is 1. The fourth-order valence-corrected chi connectivity index (χ4v) is 2.36. The van der Waals surface area contributed by atoms with Gasteiger partial charge in [0, 0.05) is 11.8 Å². The van der Waals surface area contributed by atoms with Crippen molar-refractivity contribution in [3.05, 3.63) is 65.7 Å². The van der Waals surface area contributed by atoms with Crippen LogP contribution in [0.25, 0.3) is 0 Å². The van der Waals surface area contributed by atoms with Crippen molar-refractivity contribution in [1.29, 1.82) is 0 Å². The Labute approximate surface area is 117 Å². The summed E-state index contributed by atoms with van der Waals surface area (Å²) in [5.74, 6) is 0. The summed E-state index contributed by atoms with van der Waals surface area (Å²) in [6, 6.07) is 16.3. The fourth-order valence-electron chi connectivity index (χ4n) is 1.77. The van der Waals surface area contributed by atoms with E-state index in [1.165, 1.54) is 0 Å². The van der Waals surface area contributed by atoms with E-state index >= 15 is 0 Å². The topological polar surface area (TPSA) is 57.6 Å². The Hall–Kier alpha value is -1.56. The van der Waals surface area contributed by atoms with Crippen LogP contribution >= 0.6 is 11.8 Å². The van der Waals surface area contributed by atoms with Gasteiger partial charge in [-0.1, -0.05) is 48.5 Å². The minimum absolute atomic E-state index is 0.246. The van der Waals surface area contributed by atoms with Crippen LogP contribution in [0, 0.1) is 0 Å². The van der Waals surface area contributed by atoms with E-state index in [4.69, 9.17) is 16.3 Å². The van der Waals surface area contributed by atoms with Crippen molar-refractivity contribution in [2.24, 2.45) is 0 Å². The first-order chi connectivity index (χ1) is 8.98. The highest BCUT2D eigenvalue weighted by Gasteiger charge is 2.19. The third kappa shape index (κ3) is 3.47. The van der Waals surface area contributed by atoms with Crippen molar-refractivity contribution in [2.75, 3.05) is 3.82 Å². The zero-order valence-electron chi connectivity index (χ0n) is 9.90. The van der Waals surface area contributed by atoms with Crippen LogP contribution in [0.15, 0.2) is 54.6 Å². The summed E-state index contributed by atoms with van der Waals surface area (Å²) < 4.78 is 31.5. The van der Waals surface area contributed by atoms with Crippen molar-refractivity contribution in [2.45, 2.75) is 6.42 Å². The molecule has 0 fully saturated rings. The lowest BCUT2D eigenvalue weighted by Crippen LogP contribution is -2.21. The van der Waals surface area contributed by atoms with Crippen LogP contribution in [0.4, 0.5) is 5.69 Å². The third-order valence-corrected chi connectivity index (χ3v) is 3.93. The van der Waals surface area contributed by atoms with Crippen LogP contribution in [0.5, 0.6) is 0 Å². The first-order valence-corrected chi connectivity index (χ1v) is 7.27. The Balaban J connectivity index is 2.37. The fraction of sp³-hybridized carbons (Fsp3) is 0.0769. The molecule has 4 nitrogen and oxygen atoms in total. The Bertz CT molecular complexity index is 659. The summed E-state index contributed by atoms with van der Waals surface area (Å²) in [6.07, 6.45) is 0.524. The minimum atomic E-state index is -4.47. The number of rotatable bonds is 4. The number of benzene rings is 2. The molecule has 19 heavy (non-hydrogen) atoms. The number of nitrogens with zero attached hydrogens (tertiary/aromatic N) is 1. The number of para-hydroxylation sites is 1. The predicted octanol–water partition coefficient (Wildman–Crippen LogP) is 3.04. The van der Waals surface area contributed by atoms with E-state index in [0.717, 1.165) is 5.56 Å². The second kappa shape index (κ2) is 5.61. The minimum Gasteiger partial charge on any atom is -0.268 e. The second-order valence-corrected chi connectivity index (χ2v) is 5.78. The molecule has 0 bridgehead atoms. The molecule has 0 unspecified atom stereocenters. The summed E-state index contributed by atoms with van der Waals surface area (Å²) >= 11 is 5.65. The predicted molar refractivity (Wildman–Crippen MR) is 75.6 cm³/mol. The molecular weight excluding hydrogens is 286 g/mol. The first-order valence-electron chi connectivity index (χ1n) is 5.54. The molecule has 0 atom stereocenters. The highest BCUT2D eigenvalue weighted by Crippen LogP contribution is 2.26. The maximum absolute atomic E-state index is 11.1. The summed E-state index contributed by atoms with van der Waals surface area (Å²) in [5, 5.41) is 0. The Morgan fingerprint density at radius 1 is 1.00 bits per heavy atom. The van der Waals surface area contributed by atoms with E-state index in [9.17, 15) is 8.42 Å². The third-order valence-electron chi connectivity index (χ3n) is 2.62. The van der Waals surface area contributed by atoms with E-state index in [1.54, 1.807) is 24.3 Å². The summed E-state index contributed by atoms with van der Waals surface area (Å²) in [7, 11) is -4.47. The van der Waals surface area contributed by atoms with Gasteiger partial charge in [0.1, 0.15) is 0 Å². The van der Waals surface area contributed by atoms with Gasteiger partial charge in [0.05, 0.1) is 5.69 Å². The maximum atomic E-state index is 11.1. The van der Waals surface area contributed by atoms with E-state index in [2.05, 4.69) is 0 Å². The Morgan fingerprint density at radius 2 is 1.58 bits per heavy atom. The van der Waals surface area contributed by atoms with Crippen molar-refractivity contribution in [1.82, 2.24) is 0 Å². The van der Waals surface area contributed by atoms with Crippen LogP contribution < -0.4 is 3.82 Å². The Morgan fingerprint density at radius 3 is 2.21 bits per heavy atom. The standard InChI is InChI=1S/C13H12ClNO3S/c14-15(19(16,17)18)13-9-5-4-8-12(13)10-11-6-2-1-3-7-11/h1-9H,10H2,(H,16,17,18). The van der Waals surface area contributed by atoms with Gasteiger partial charge in [-0.2, -0.15) is 12.2 Å². The van der Waals surface area contributed by atoms with Crippen molar-refractivity contribution < 1.29 is 13.0 Å². The molecule has 0 radical (unpaired) electrons. The number of halogens is 1. The van der Waals surface area contributed by atoms with E-state index < -0.39 is 10.3 Å². The van der Waals surface area contributed by atoms with Gasteiger partial charge in [-0.05, 0) is 23.6 Å². The molecule has 0 aliphatic carbocycles. The maximum Gasteiger partial charge on any atom is 0.374 e. The number of hydrogen-bond donors (Lipinski definition) is 1. The van der Waals surface area contributed by atoms with Gasteiger partial charge in [-0.15, -0.1) is 0 Å². The van der Waals surface area contributed by atoms with Crippen LogP contribution in [-0.2, 0) is 16.7 Å². The molecule has 100 valence electrons. The highest BCUT2D eigenvalue weighted by atomic mass is 35.5. The molecular formula is C13H12ClNO3S. The average molecular weight is 298 g/mol. The molecule has 0 heterocycles.